The van der Waals surface area contributed by atoms with E-state index in [2.05, 4.69) is 31.8 Å². The number of esters is 1. The van der Waals surface area contributed by atoms with E-state index >= 15 is 0 Å². The van der Waals surface area contributed by atoms with Gasteiger partial charge in [0.2, 0.25) is 0 Å². The van der Waals surface area contributed by atoms with Crippen molar-refractivity contribution in [3.05, 3.63) is 41.5 Å². The molecule has 1 unspecified atom stereocenters. The van der Waals surface area contributed by atoms with Gasteiger partial charge in [-0.05, 0) is 24.4 Å². The first-order valence-corrected chi connectivity index (χ1v) is 12.2. The van der Waals surface area contributed by atoms with Crippen molar-refractivity contribution in [2.75, 3.05) is 12.4 Å². The lowest BCUT2D eigenvalue weighted by Crippen LogP contribution is -2.27. The van der Waals surface area contributed by atoms with Gasteiger partial charge in [-0.25, -0.2) is 4.79 Å². The number of benzene rings is 1. The quantitative estimate of drug-likeness (QED) is 0.583. The Labute approximate surface area is 133 Å². The second-order valence-corrected chi connectivity index (χ2v) is 13.2. The molecule has 0 saturated heterocycles. The highest BCUT2D eigenvalue weighted by Gasteiger charge is 2.35. The van der Waals surface area contributed by atoms with Gasteiger partial charge in [-0.3, -0.25) is 0 Å². The summed E-state index contributed by atoms with van der Waals surface area (Å²) in [6, 6.07) is 11.4. The fourth-order valence-electron chi connectivity index (χ4n) is 2.73. The third-order valence-corrected chi connectivity index (χ3v) is 6.50. The van der Waals surface area contributed by atoms with E-state index in [1.54, 1.807) is 0 Å². The molecule has 0 fully saturated rings. The van der Waals surface area contributed by atoms with Gasteiger partial charge in [0.05, 0.1) is 12.2 Å². The summed E-state index contributed by atoms with van der Waals surface area (Å²) in [6.07, 6.45) is 0. The molecule has 1 heterocycles. The van der Waals surface area contributed by atoms with E-state index in [1.807, 2.05) is 36.9 Å². The highest BCUT2D eigenvalue weighted by molar-refractivity contribution is 8.08. The molecule has 0 N–H and O–H groups in total. The molecule has 21 heavy (non-hydrogen) atoms. The van der Waals surface area contributed by atoms with Crippen LogP contribution in [0.4, 0.5) is 0 Å². The molecule has 0 radical (unpaired) electrons. The van der Waals surface area contributed by atoms with E-state index in [4.69, 9.17) is 4.74 Å². The molecule has 0 spiro atoms. The Bertz CT molecular complexity index is 531. The predicted molar refractivity (Wildman–Crippen MR) is 94.1 cm³/mol. The molecule has 114 valence electrons. The van der Waals surface area contributed by atoms with Gasteiger partial charge in [-0.1, -0.05) is 50.0 Å². The van der Waals surface area contributed by atoms with Crippen molar-refractivity contribution in [3.8, 4) is 0 Å². The maximum absolute atomic E-state index is 12.4. The van der Waals surface area contributed by atoms with Crippen molar-refractivity contribution in [2.45, 2.75) is 32.6 Å². The van der Waals surface area contributed by atoms with Crippen LogP contribution in [0.25, 0.3) is 4.91 Å². The van der Waals surface area contributed by atoms with Gasteiger partial charge in [-0.2, -0.15) is 0 Å². The topological polar surface area (TPSA) is 26.3 Å². The molecular formula is C17H24O2SSi. The van der Waals surface area contributed by atoms with Gasteiger partial charge in [0.15, 0.2) is 0 Å². The van der Waals surface area contributed by atoms with E-state index in [0.29, 0.717) is 12.5 Å². The van der Waals surface area contributed by atoms with Crippen LogP contribution < -0.4 is 0 Å². The smallest absolute Gasteiger partial charge is 0.335 e. The number of carbonyl (C=O) groups excluding carboxylic acids is 1. The van der Waals surface area contributed by atoms with Crippen LogP contribution in [-0.2, 0) is 9.53 Å². The molecule has 4 heteroatoms. The Morgan fingerprint density at radius 2 is 1.95 bits per heavy atom. The molecule has 2 nitrogen and oxygen atoms in total. The normalized spacial score (nSPS) is 19.0. The van der Waals surface area contributed by atoms with E-state index in [0.717, 1.165) is 27.8 Å². The van der Waals surface area contributed by atoms with Gasteiger partial charge in [0, 0.05) is 18.7 Å². The number of hydrogen-bond acceptors (Lipinski definition) is 3. The molecule has 1 aromatic carbocycles. The number of thioether (sulfide) groups is 1. The SMILES string of the molecule is CCOC(=O)C1=C(c2ccccc2)SCC1C[Si](C)(C)C. The van der Waals surface area contributed by atoms with Crippen LogP contribution in [0.2, 0.25) is 25.7 Å². The molecule has 0 aliphatic carbocycles. The summed E-state index contributed by atoms with van der Waals surface area (Å²) in [5.74, 6) is 1.23. The molecule has 1 atom stereocenters. The Hall–Kier alpha value is -1.00. The number of hydrogen-bond donors (Lipinski definition) is 0. The van der Waals surface area contributed by atoms with Crippen LogP contribution in [0.5, 0.6) is 0 Å². The van der Waals surface area contributed by atoms with Crippen molar-refractivity contribution in [3.63, 3.8) is 0 Å². The van der Waals surface area contributed by atoms with Crippen LogP contribution >= 0.6 is 11.8 Å². The van der Waals surface area contributed by atoms with Crippen molar-refractivity contribution in [2.24, 2.45) is 5.92 Å². The third kappa shape index (κ3) is 4.24. The first kappa shape index (κ1) is 16.4. The van der Waals surface area contributed by atoms with Crippen molar-refractivity contribution < 1.29 is 9.53 Å². The van der Waals surface area contributed by atoms with Crippen LogP contribution in [0.3, 0.4) is 0 Å². The molecule has 1 aliphatic rings. The number of rotatable bonds is 5. The van der Waals surface area contributed by atoms with E-state index in [-0.39, 0.29) is 5.97 Å². The second kappa shape index (κ2) is 6.84. The monoisotopic (exact) mass is 320 g/mol. The fraction of sp³-hybridized carbons (Fsp3) is 0.471. The molecule has 1 aliphatic heterocycles. The first-order chi connectivity index (χ1) is 9.92. The molecular weight excluding hydrogens is 296 g/mol. The molecule has 0 saturated carbocycles. The average molecular weight is 321 g/mol. The average Bonchev–Trinajstić information content (AvgIpc) is 2.81. The number of carbonyl (C=O) groups is 1. The minimum absolute atomic E-state index is 0.121. The Morgan fingerprint density at radius 1 is 1.29 bits per heavy atom. The van der Waals surface area contributed by atoms with Crippen molar-refractivity contribution in [1.29, 1.82) is 0 Å². The first-order valence-electron chi connectivity index (χ1n) is 7.52. The van der Waals surface area contributed by atoms with Gasteiger partial charge >= 0.3 is 5.97 Å². The summed E-state index contributed by atoms with van der Waals surface area (Å²) < 4.78 is 5.33. The van der Waals surface area contributed by atoms with E-state index in [1.165, 1.54) is 0 Å². The van der Waals surface area contributed by atoms with Crippen LogP contribution in [-0.4, -0.2) is 26.4 Å². The van der Waals surface area contributed by atoms with Crippen LogP contribution in [0.15, 0.2) is 35.9 Å². The van der Waals surface area contributed by atoms with E-state index in [9.17, 15) is 4.79 Å². The zero-order chi connectivity index (χ0) is 15.5. The van der Waals surface area contributed by atoms with Gasteiger partial charge in [-0.15, -0.1) is 11.8 Å². The summed E-state index contributed by atoms with van der Waals surface area (Å²) in [6.45, 7) is 9.40. The summed E-state index contributed by atoms with van der Waals surface area (Å²) >= 11 is 1.81. The Morgan fingerprint density at radius 3 is 2.52 bits per heavy atom. The summed E-state index contributed by atoms with van der Waals surface area (Å²) in [5.41, 5.74) is 2.05. The zero-order valence-corrected chi connectivity index (χ0v) is 15.1. The highest BCUT2D eigenvalue weighted by Crippen LogP contribution is 2.45. The third-order valence-electron chi connectivity index (χ3n) is 3.47. The largest absolute Gasteiger partial charge is 0.463 e. The summed E-state index contributed by atoms with van der Waals surface area (Å²) in [4.78, 5) is 13.6. The molecule has 0 amide bonds. The van der Waals surface area contributed by atoms with Gasteiger partial charge < -0.3 is 4.74 Å². The summed E-state index contributed by atoms with van der Waals surface area (Å²) in [7, 11) is -1.22. The standard InChI is InChI=1S/C17H24O2SSi/c1-5-19-17(18)15-14(12-21(2,3)4)11-20-16(15)13-9-7-6-8-10-13/h6-10,14H,5,11-12H2,1-4H3. The lowest BCUT2D eigenvalue weighted by molar-refractivity contribution is -0.138. The van der Waals surface area contributed by atoms with Gasteiger partial charge in [0.25, 0.3) is 0 Å². The predicted octanol–water partition coefficient (Wildman–Crippen LogP) is 4.66. The second-order valence-electron chi connectivity index (χ2n) is 6.60. The maximum Gasteiger partial charge on any atom is 0.335 e. The van der Waals surface area contributed by atoms with Crippen LogP contribution in [0.1, 0.15) is 12.5 Å². The van der Waals surface area contributed by atoms with E-state index < -0.39 is 8.07 Å². The Kier molecular flexibility index (Phi) is 5.33. The summed E-state index contributed by atoms with van der Waals surface area (Å²) in [5, 5.41) is 0. The minimum Gasteiger partial charge on any atom is -0.463 e. The van der Waals surface area contributed by atoms with Gasteiger partial charge in [0.1, 0.15) is 0 Å². The highest BCUT2D eigenvalue weighted by atomic mass is 32.2. The van der Waals surface area contributed by atoms with Crippen molar-refractivity contribution in [1.82, 2.24) is 0 Å². The minimum atomic E-state index is -1.22. The fourth-order valence-corrected chi connectivity index (χ4v) is 6.12. The maximum atomic E-state index is 12.4. The van der Waals surface area contributed by atoms with Crippen LogP contribution in [0, 0.1) is 5.92 Å². The molecule has 2 rings (SSSR count). The molecule has 0 aromatic heterocycles. The Balaban J connectivity index is 2.38. The lowest BCUT2D eigenvalue weighted by Gasteiger charge is -2.22. The zero-order valence-electron chi connectivity index (χ0n) is 13.3. The number of ether oxygens (including phenoxy) is 1. The lowest BCUT2D eigenvalue weighted by atomic mass is 10.00. The van der Waals surface area contributed by atoms with Crippen molar-refractivity contribution >= 4 is 30.7 Å². The molecule has 1 aromatic rings. The molecule has 0 bridgehead atoms.